The number of rotatable bonds is 5. The molecule has 0 fully saturated rings. The molecule has 10 heteroatoms. The van der Waals surface area contributed by atoms with Crippen molar-refractivity contribution >= 4 is 48.8 Å². The lowest BCUT2D eigenvalue weighted by atomic mass is 10.0. The Labute approximate surface area is 187 Å². The topological polar surface area (TPSA) is 103 Å². The second-order valence-corrected chi connectivity index (χ2v) is 10.00. The van der Waals surface area contributed by atoms with E-state index in [1.165, 1.54) is 19.7 Å². The van der Waals surface area contributed by atoms with Crippen LogP contribution >= 0.6 is 22.9 Å². The van der Waals surface area contributed by atoms with Gasteiger partial charge in [-0.1, -0.05) is 29.8 Å². The standard InChI is InChI=1S/C21H17ClN4O3S2/c22-19-20(25-9-10-30-21(25)24-19)31(28,29)26-12-15(7-8-23)17-11-14(3-6-18(17)26)13-1-4-16(27)5-2-13/h1-6,9-12,27H,7-8,23H2. The number of hydrogen-bond donors (Lipinski definition) is 2. The van der Waals surface area contributed by atoms with E-state index in [1.54, 1.807) is 36.0 Å². The van der Waals surface area contributed by atoms with Gasteiger partial charge in [-0.3, -0.25) is 4.40 Å². The van der Waals surface area contributed by atoms with E-state index in [-0.39, 0.29) is 15.9 Å². The average Bonchev–Trinajstić information content (AvgIpc) is 3.41. The van der Waals surface area contributed by atoms with Crippen LogP contribution in [0.5, 0.6) is 5.75 Å². The van der Waals surface area contributed by atoms with Gasteiger partial charge in [-0.15, -0.1) is 11.3 Å². The predicted molar refractivity (Wildman–Crippen MR) is 122 cm³/mol. The maximum Gasteiger partial charge on any atom is 0.287 e. The van der Waals surface area contributed by atoms with E-state index < -0.39 is 10.0 Å². The van der Waals surface area contributed by atoms with Crippen LogP contribution in [0.15, 0.2) is 65.3 Å². The molecule has 2 aromatic carbocycles. The number of fused-ring (bicyclic) bond motifs is 2. The van der Waals surface area contributed by atoms with E-state index in [4.69, 9.17) is 17.3 Å². The Kier molecular flexibility index (Phi) is 4.78. The van der Waals surface area contributed by atoms with E-state index >= 15 is 0 Å². The average molecular weight is 473 g/mol. The molecule has 0 bridgehead atoms. The molecule has 5 aromatic rings. The zero-order chi connectivity index (χ0) is 21.8. The Balaban J connectivity index is 1.73. The number of hydrogen-bond acceptors (Lipinski definition) is 6. The van der Waals surface area contributed by atoms with Crippen molar-refractivity contribution < 1.29 is 13.5 Å². The molecule has 3 N–H and O–H groups in total. The van der Waals surface area contributed by atoms with Gasteiger partial charge in [0.1, 0.15) is 5.75 Å². The second-order valence-electron chi connectivity index (χ2n) is 7.04. The third-order valence-corrected chi connectivity index (χ3v) is 7.98. The smallest absolute Gasteiger partial charge is 0.287 e. The third kappa shape index (κ3) is 3.21. The van der Waals surface area contributed by atoms with Crippen molar-refractivity contribution in [1.29, 1.82) is 0 Å². The Morgan fingerprint density at radius 1 is 1.13 bits per heavy atom. The largest absolute Gasteiger partial charge is 0.508 e. The lowest BCUT2D eigenvalue weighted by Crippen LogP contribution is -2.14. The first-order chi connectivity index (χ1) is 14.9. The monoisotopic (exact) mass is 472 g/mol. The number of aromatic hydroxyl groups is 1. The molecule has 0 saturated heterocycles. The van der Waals surface area contributed by atoms with Gasteiger partial charge in [0.25, 0.3) is 10.0 Å². The molecule has 0 spiro atoms. The van der Waals surface area contributed by atoms with Crippen molar-refractivity contribution in [2.45, 2.75) is 11.4 Å². The first kappa shape index (κ1) is 20.1. The highest BCUT2D eigenvalue weighted by Crippen LogP contribution is 2.33. The van der Waals surface area contributed by atoms with Crippen LogP contribution < -0.4 is 5.73 Å². The van der Waals surface area contributed by atoms with Crippen molar-refractivity contribution in [2.75, 3.05) is 6.54 Å². The number of benzene rings is 2. The summed E-state index contributed by atoms with van der Waals surface area (Å²) >= 11 is 7.53. The molecule has 0 aliphatic rings. The molecule has 5 rings (SSSR count). The van der Waals surface area contributed by atoms with Gasteiger partial charge in [0.2, 0.25) is 5.03 Å². The van der Waals surface area contributed by atoms with E-state index in [2.05, 4.69) is 4.98 Å². The van der Waals surface area contributed by atoms with Crippen LogP contribution in [0.2, 0.25) is 5.15 Å². The van der Waals surface area contributed by atoms with Gasteiger partial charge in [0, 0.05) is 23.2 Å². The van der Waals surface area contributed by atoms with Crippen molar-refractivity contribution in [3.63, 3.8) is 0 Å². The summed E-state index contributed by atoms with van der Waals surface area (Å²) in [7, 11) is -4.01. The zero-order valence-corrected chi connectivity index (χ0v) is 18.5. The van der Waals surface area contributed by atoms with Crippen LogP contribution in [0.4, 0.5) is 0 Å². The quantitative estimate of drug-likeness (QED) is 0.400. The third-order valence-electron chi connectivity index (χ3n) is 5.15. The fourth-order valence-corrected chi connectivity index (χ4v) is 6.53. The summed E-state index contributed by atoms with van der Waals surface area (Å²) in [6.07, 6.45) is 3.77. The number of phenols is 1. The molecule has 0 aliphatic heterocycles. The van der Waals surface area contributed by atoms with Crippen LogP contribution in [-0.4, -0.2) is 33.4 Å². The summed E-state index contributed by atoms with van der Waals surface area (Å²) in [6.45, 7) is 0.380. The van der Waals surface area contributed by atoms with Gasteiger partial charge in [-0.2, -0.15) is 8.42 Å². The fraction of sp³-hybridized carbons (Fsp3) is 0.0952. The summed E-state index contributed by atoms with van der Waals surface area (Å²) in [5, 5.41) is 12.0. The summed E-state index contributed by atoms with van der Waals surface area (Å²) in [6, 6.07) is 12.4. The van der Waals surface area contributed by atoms with Crippen LogP contribution in [0.3, 0.4) is 0 Å². The molecule has 7 nitrogen and oxygen atoms in total. The minimum atomic E-state index is -4.01. The number of aromatic nitrogens is 3. The number of halogens is 1. The number of thiazole rings is 1. The highest BCUT2D eigenvalue weighted by atomic mass is 35.5. The van der Waals surface area contributed by atoms with Crippen molar-refractivity contribution in [2.24, 2.45) is 5.73 Å². The summed E-state index contributed by atoms with van der Waals surface area (Å²) in [5.41, 5.74) is 8.97. The number of nitrogens with two attached hydrogens (primary N) is 1. The van der Waals surface area contributed by atoms with Gasteiger partial charge in [-0.25, -0.2) is 8.96 Å². The van der Waals surface area contributed by atoms with E-state index in [0.29, 0.717) is 23.4 Å². The van der Waals surface area contributed by atoms with Gasteiger partial charge in [0.05, 0.1) is 5.52 Å². The second kappa shape index (κ2) is 7.38. The number of phenolic OH excluding ortho intramolecular Hbond substituents is 1. The maximum atomic E-state index is 13.6. The predicted octanol–water partition coefficient (Wildman–Crippen LogP) is 4.11. The van der Waals surface area contributed by atoms with Crippen LogP contribution in [0.25, 0.3) is 27.0 Å². The molecular formula is C21H17ClN4O3S2. The maximum absolute atomic E-state index is 13.6. The molecule has 31 heavy (non-hydrogen) atoms. The first-order valence-electron chi connectivity index (χ1n) is 9.40. The molecule has 158 valence electrons. The van der Waals surface area contributed by atoms with Crippen molar-refractivity contribution in [3.8, 4) is 16.9 Å². The van der Waals surface area contributed by atoms with Crippen LogP contribution in [0, 0.1) is 0 Å². The van der Waals surface area contributed by atoms with E-state index in [9.17, 15) is 13.5 Å². The fourth-order valence-electron chi connectivity index (χ4n) is 3.72. The van der Waals surface area contributed by atoms with Crippen LogP contribution in [0.1, 0.15) is 5.56 Å². The van der Waals surface area contributed by atoms with Gasteiger partial charge >= 0.3 is 0 Å². The first-order valence-corrected chi connectivity index (χ1v) is 12.1. The Morgan fingerprint density at radius 2 is 1.87 bits per heavy atom. The van der Waals surface area contributed by atoms with Crippen molar-refractivity contribution in [3.05, 3.63) is 71.0 Å². The normalized spacial score (nSPS) is 12.2. The Morgan fingerprint density at radius 3 is 2.61 bits per heavy atom. The van der Waals surface area contributed by atoms with Crippen molar-refractivity contribution in [1.82, 2.24) is 13.4 Å². The molecule has 0 saturated carbocycles. The summed E-state index contributed by atoms with van der Waals surface area (Å²) in [5.74, 6) is 0.184. The Hall–Kier alpha value is -2.85. The van der Waals surface area contributed by atoms with Gasteiger partial charge in [-0.05, 0) is 53.9 Å². The number of nitrogens with zero attached hydrogens (tertiary/aromatic N) is 3. The van der Waals surface area contributed by atoms with E-state index in [1.807, 2.05) is 24.3 Å². The SMILES string of the molecule is NCCc1cn(S(=O)(=O)c2c(Cl)nc3sccn23)c2ccc(-c3ccc(O)cc3)cc12. The molecule has 3 heterocycles. The number of imidazole rings is 1. The molecule has 0 amide bonds. The Bertz CT molecular complexity index is 1530. The van der Waals surface area contributed by atoms with E-state index in [0.717, 1.165) is 22.1 Å². The molecule has 0 unspecified atom stereocenters. The lowest BCUT2D eigenvalue weighted by molar-refractivity contribution is 0.475. The lowest BCUT2D eigenvalue weighted by Gasteiger charge is -2.08. The summed E-state index contributed by atoms with van der Waals surface area (Å²) in [4.78, 5) is 4.67. The summed E-state index contributed by atoms with van der Waals surface area (Å²) < 4.78 is 30.0. The molecule has 0 atom stereocenters. The highest BCUT2D eigenvalue weighted by molar-refractivity contribution is 7.90. The minimum absolute atomic E-state index is 0.0604. The van der Waals surface area contributed by atoms with Gasteiger partial charge < -0.3 is 10.8 Å². The highest BCUT2D eigenvalue weighted by Gasteiger charge is 2.29. The molecular weight excluding hydrogens is 456 g/mol. The van der Waals surface area contributed by atoms with Crippen LogP contribution in [-0.2, 0) is 16.4 Å². The van der Waals surface area contributed by atoms with Gasteiger partial charge in [0.15, 0.2) is 10.1 Å². The minimum Gasteiger partial charge on any atom is -0.508 e. The molecule has 0 aliphatic carbocycles. The molecule has 3 aromatic heterocycles. The zero-order valence-electron chi connectivity index (χ0n) is 16.1. The molecule has 0 radical (unpaired) electrons.